The summed E-state index contributed by atoms with van der Waals surface area (Å²) in [4.78, 5) is 36.7. The quantitative estimate of drug-likeness (QED) is 0.407. The molecule has 3 rings (SSSR count). The van der Waals surface area contributed by atoms with Crippen molar-refractivity contribution in [2.75, 3.05) is 0 Å². The molecule has 1 fully saturated rings. The number of thioether (sulfide) groups is 1. The smallest absolute Gasteiger partial charge is 0.268 e. The summed E-state index contributed by atoms with van der Waals surface area (Å²) in [5.74, 6) is -0.353. The van der Waals surface area contributed by atoms with Gasteiger partial charge < -0.3 is 0 Å². The average Bonchev–Trinajstić information content (AvgIpc) is 2.89. The minimum Gasteiger partial charge on any atom is -0.268 e. The summed E-state index contributed by atoms with van der Waals surface area (Å²) in [6.45, 7) is 6.48. The lowest BCUT2D eigenvalue weighted by atomic mass is 9.87. The molecule has 0 spiro atoms. The maximum atomic E-state index is 12.6. The summed E-state index contributed by atoms with van der Waals surface area (Å²) in [6.07, 6.45) is 1.72. The van der Waals surface area contributed by atoms with Crippen molar-refractivity contribution in [3.8, 4) is 0 Å². The van der Waals surface area contributed by atoms with Gasteiger partial charge in [0.05, 0.1) is 16.4 Å². The highest BCUT2D eigenvalue weighted by molar-refractivity contribution is 8.18. The van der Waals surface area contributed by atoms with Crippen LogP contribution in [-0.2, 0) is 16.8 Å². The highest BCUT2D eigenvalue weighted by Crippen LogP contribution is 2.33. The van der Waals surface area contributed by atoms with E-state index in [-0.39, 0.29) is 28.8 Å². The molecule has 1 saturated heterocycles. The second-order valence-corrected chi connectivity index (χ2v) is 8.56. The minimum atomic E-state index is -0.489. The van der Waals surface area contributed by atoms with Crippen LogP contribution in [0.2, 0.25) is 0 Å². The Morgan fingerprint density at radius 1 is 1.04 bits per heavy atom. The van der Waals surface area contributed by atoms with Crippen molar-refractivity contribution in [1.82, 2.24) is 4.90 Å². The SMILES string of the molecule is CC(C)(C)c1ccc(/C=C2\SC(=O)N(Cc3ccc([N+](=O)[O-])cc3)C2=O)cc1. The topological polar surface area (TPSA) is 80.5 Å². The van der Waals surface area contributed by atoms with E-state index in [1.807, 2.05) is 24.3 Å². The molecule has 2 amide bonds. The molecule has 2 aromatic carbocycles. The van der Waals surface area contributed by atoms with Crippen LogP contribution in [0, 0.1) is 10.1 Å². The van der Waals surface area contributed by atoms with Crippen LogP contribution in [0.15, 0.2) is 53.4 Å². The van der Waals surface area contributed by atoms with Gasteiger partial charge in [-0.15, -0.1) is 0 Å². The van der Waals surface area contributed by atoms with Crippen LogP contribution < -0.4 is 0 Å². The van der Waals surface area contributed by atoms with Gasteiger partial charge in [0.25, 0.3) is 16.8 Å². The lowest BCUT2D eigenvalue weighted by Gasteiger charge is -2.18. The number of imide groups is 1. The van der Waals surface area contributed by atoms with E-state index in [4.69, 9.17) is 0 Å². The highest BCUT2D eigenvalue weighted by atomic mass is 32.2. The van der Waals surface area contributed by atoms with Gasteiger partial charge >= 0.3 is 0 Å². The highest BCUT2D eigenvalue weighted by Gasteiger charge is 2.35. The first-order valence-corrected chi connectivity index (χ1v) is 9.56. The number of nitrogens with zero attached hydrogens (tertiary/aromatic N) is 2. The molecule has 0 atom stereocenters. The molecule has 2 aromatic rings. The van der Waals surface area contributed by atoms with E-state index in [1.54, 1.807) is 18.2 Å². The first kappa shape index (κ1) is 19.8. The van der Waals surface area contributed by atoms with Gasteiger partial charge in [-0.05, 0) is 39.9 Å². The molecular weight excluding hydrogens is 376 g/mol. The number of nitro groups is 1. The van der Waals surface area contributed by atoms with Gasteiger partial charge in [-0.2, -0.15) is 0 Å². The second kappa shape index (κ2) is 7.59. The van der Waals surface area contributed by atoms with Crippen LogP contribution in [0.4, 0.5) is 10.5 Å². The predicted octanol–water partition coefficient (Wildman–Crippen LogP) is 5.13. The van der Waals surface area contributed by atoms with Crippen molar-refractivity contribution in [2.45, 2.75) is 32.7 Å². The summed E-state index contributed by atoms with van der Waals surface area (Å²) in [6, 6.07) is 13.7. The number of nitro benzene ring substituents is 1. The van der Waals surface area contributed by atoms with Crippen molar-refractivity contribution >= 4 is 34.7 Å². The van der Waals surface area contributed by atoms with Crippen LogP contribution >= 0.6 is 11.8 Å². The maximum Gasteiger partial charge on any atom is 0.293 e. The first-order chi connectivity index (χ1) is 13.1. The molecule has 1 aliphatic heterocycles. The van der Waals surface area contributed by atoms with Gasteiger partial charge in [0.2, 0.25) is 0 Å². The zero-order valence-corrected chi connectivity index (χ0v) is 16.7. The van der Waals surface area contributed by atoms with E-state index in [9.17, 15) is 19.7 Å². The standard InChI is InChI=1S/C21H20N2O4S/c1-21(2,3)16-8-4-14(5-9-16)12-18-19(24)22(20(25)28-18)13-15-6-10-17(11-7-15)23(26)27/h4-12H,13H2,1-3H3/b18-12-. The molecule has 0 N–H and O–H groups in total. The molecule has 6 nitrogen and oxygen atoms in total. The summed E-state index contributed by atoms with van der Waals surface area (Å²) in [7, 11) is 0. The van der Waals surface area contributed by atoms with Gasteiger partial charge in [0.1, 0.15) is 0 Å². The second-order valence-electron chi connectivity index (χ2n) is 7.56. The van der Waals surface area contributed by atoms with Crippen molar-refractivity contribution < 1.29 is 14.5 Å². The summed E-state index contributed by atoms with van der Waals surface area (Å²) in [5, 5.41) is 10.4. The fraction of sp³-hybridized carbons (Fsp3) is 0.238. The van der Waals surface area contributed by atoms with Gasteiger partial charge in [-0.1, -0.05) is 57.2 Å². The third-order valence-electron chi connectivity index (χ3n) is 4.44. The zero-order valence-electron chi connectivity index (χ0n) is 15.8. The molecule has 1 aliphatic rings. The lowest BCUT2D eigenvalue weighted by Crippen LogP contribution is -2.27. The Kier molecular flexibility index (Phi) is 5.38. The van der Waals surface area contributed by atoms with E-state index < -0.39 is 4.92 Å². The molecule has 7 heteroatoms. The van der Waals surface area contributed by atoms with Gasteiger partial charge in [-0.25, -0.2) is 0 Å². The van der Waals surface area contributed by atoms with E-state index in [1.165, 1.54) is 17.7 Å². The Hall–Kier alpha value is -2.93. The monoisotopic (exact) mass is 396 g/mol. The van der Waals surface area contributed by atoms with Crippen LogP contribution in [-0.4, -0.2) is 21.0 Å². The Morgan fingerprint density at radius 3 is 2.18 bits per heavy atom. The zero-order chi connectivity index (χ0) is 20.5. The third-order valence-corrected chi connectivity index (χ3v) is 5.34. The van der Waals surface area contributed by atoms with Gasteiger partial charge in [-0.3, -0.25) is 24.6 Å². The average molecular weight is 396 g/mol. The molecule has 0 unspecified atom stereocenters. The third kappa shape index (κ3) is 4.31. The first-order valence-electron chi connectivity index (χ1n) is 8.74. The summed E-state index contributed by atoms with van der Waals surface area (Å²) in [5.41, 5.74) is 2.71. The Labute approximate surface area is 167 Å². The van der Waals surface area contributed by atoms with Crippen LogP contribution in [0.3, 0.4) is 0 Å². The molecule has 0 saturated carbocycles. The summed E-state index contributed by atoms with van der Waals surface area (Å²) < 4.78 is 0. The van der Waals surface area contributed by atoms with Crippen molar-refractivity contribution in [3.63, 3.8) is 0 Å². The number of hydrogen-bond acceptors (Lipinski definition) is 5. The molecule has 1 heterocycles. The fourth-order valence-corrected chi connectivity index (χ4v) is 3.61. The lowest BCUT2D eigenvalue weighted by molar-refractivity contribution is -0.384. The van der Waals surface area contributed by atoms with Crippen LogP contribution in [0.1, 0.15) is 37.5 Å². The number of carbonyl (C=O) groups is 2. The molecule has 0 radical (unpaired) electrons. The Bertz CT molecular complexity index is 957. The van der Waals surface area contributed by atoms with E-state index in [0.717, 1.165) is 22.2 Å². The van der Waals surface area contributed by atoms with E-state index >= 15 is 0 Å². The summed E-state index contributed by atoms with van der Waals surface area (Å²) >= 11 is 0.904. The largest absolute Gasteiger partial charge is 0.293 e. The number of benzene rings is 2. The number of non-ortho nitro benzene ring substituents is 1. The molecular formula is C21H20N2O4S. The molecule has 28 heavy (non-hydrogen) atoms. The fourth-order valence-electron chi connectivity index (χ4n) is 2.77. The van der Waals surface area contributed by atoms with Crippen LogP contribution in [0.5, 0.6) is 0 Å². The molecule has 0 bridgehead atoms. The number of rotatable bonds is 4. The Balaban J connectivity index is 1.75. The van der Waals surface area contributed by atoms with Crippen molar-refractivity contribution in [2.24, 2.45) is 0 Å². The molecule has 144 valence electrons. The van der Waals surface area contributed by atoms with E-state index in [0.29, 0.717) is 10.5 Å². The van der Waals surface area contributed by atoms with Crippen molar-refractivity contribution in [1.29, 1.82) is 0 Å². The van der Waals surface area contributed by atoms with Crippen LogP contribution in [0.25, 0.3) is 6.08 Å². The Morgan fingerprint density at radius 2 is 1.64 bits per heavy atom. The number of amides is 2. The normalized spacial score (nSPS) is 16.1. The van der Waals surface area contributed by atoms with Gasteiger partial charge in [0, 0.05) is 12.1 Å². The predicted molar refractivity (Wildman–Crippen MR) is 110 cm³/mol. The molecule has 0 aromatic heterocycles. The number of hydrogen-bond donors (Lipinski definition) is 0. The maximum absolute atomic E-state index is 12.6. The number of carbonyl (C=O) groups excluding carboxylic acids is 2. The van der Waals surface area contributed by atoms with E-state index in [2.05, 4.69) is 20.8 Å². The van der Waals surface area contributed by atoms with Crippen molar-refractivity contribution in [3.05, 3.63) is 80.2 Å². The molecule has 0 aliphatic carbocycles. The van der Waals surface area contributed by atoms with Gasteiger partial charge in [0.15, 0.2) is 0 Å². The minimum absolute atomic E-state index is 0.0310.